The van der Waals surface area contributed by atoms with E-state index in [1.165, 1.54) is 0 Å². The number of aliphatic carboxylic acids is 3. The van der Waals surface area contributed by atoms with Gasteiger partial charge >= 0.3 is 35.9 Å². The molecule has 7 nitrogen and oxygen atoms in total. The molecule has 0 bridgehead atoms. The monoisotopic (exact) mass is 252 g/mol. The molecule has 0 heterocycles. The van der Waals surface area contributed by atoms with Crippen molar-refractivity contribution in [2.45, 2.75) is 18.4 Å². The molecule has 0 unspecified atom stereocenters. The summed E-state index contributed by atoms with van der Waals surface area (Å²) in [4.78, 5) is 30.0. The minimum Gasteiger partial charge on any atom is -0.550 e. The van der Waals surface area contributed by atoms with Crippen molar-refractivity contribution < 1.29 is 70.7 Å². The molecule has 0 radical (unpaired) electrons. The van der Waals surface area contributed by atoms with Gasteiger partial charge in [0.05, 0.1) is 5.97 Å². The molecule has 0 saturated carbocycles. The molecule has 0 rings (SSSR count). The molecule has 80 valence electrons. The van der Waals surface area contributed by atoms with Gasteiger partial charge in [-0.25, -0.2) is 0 Å². The van der Waals surface area contributed by atoms with Crippen molar-refractivity contribution in [3.63, 3.8) is 0 Å². The number of hydrogen-bond donors (Lipinski definition) is 1. The largest absolute Gasteiger partial charge is 2.00 e. The molecule has 0 amide bonds. The van der Waals surface area contributed by atoms with Gasteiger partial charge in [-0.15, -0.1) is 0 Å². The second kappa shape index (κ2) is 7.74. The van der Waals surface area contributed by atoms with Gasteiger partial charge in [0.15, 0.2) is 0 Å². The topological polar surface area (TPSA) is 141 Å². The maximum absolute atomic E-state index is 10.1. The van der Waals surface area contributed by atoms with E-state index in [2.05, 4.69) is 0 Å². The van der Waals surface area contributed by atoms with Crippen LogP contribution in [0.4, 0.5) is 0 Å². The van der Waals surface area contributed by atoms with E-state index in [9.17, 15) is 29.7 Å². The Morgan fingerprint density at radius 2 is 1.27 bits per heavy atom. The molecule has 0 aromatic rings. The average molecular weight is 252 g/mol. The Labute approximate surface area is 107 Å². The third kappa shape index (κ3) is 7.42. The second-order valence-electron chi connectivity index (χ2n) is 2.42. The fourth-order valence-corrected chi connectivity index (χ4v) is 0.684. The Hall–Kier alpha value is -0.513. The van der Waals surface area contributed by atoms with Crippen molar-refractivity contribution in [2.24, 2.45) is 0 Å². The van der Waals surface area contributed by atoms with Crippen LogP contribution in [0.1, 0.15) is 12.8 Å². The zero-order valence-corrected chi connectivity index (χ0v) is 8.77. The van der Waals surface area contributed by atoms with E-state index < -0.39 is 36.4 Å². The molecule has 0 aromatic heterocycles. The van der Waals surface area contributed by atoms with E-state index in [0.29, 0.717) is 0 Å². The van der Waals surface area contributed by atoms with Crippen molar-refractivity contribution in [1.82, 2.24) is 0 Å². The van der Waals surface area contributed by atoms with Gasteiger partial charge < -0.3 is 34.8 Å². The standard InChI is InChI=1S/C6H8O7.Fe.Li/c7-3(8)1-6(13,5(11)12)2-4(9)10;;/h13H,1-2H2,(H,7,8)(H,9,10)(H,11,12);;/q;+2;+1/p-3. The van der Waals surface area contributed by atoms with E-state index in [0.717, 1.165) is 0 Å². The van der Waals surface area contributed by atoms with Crippen LogP contribution < -0.4 is 34.2 Å². The van der Waals surface area contributed by atoms with Crippen LogP contribution in [0.25, 0.3) is 0 Å². The Kier molecular flexibility index (Phi) is 10.3. The van der Waals surface area contributed by atoms with E-state index in [1.807, 2.05) is 0 Å². The number of carbonyl (C=O) groups is 3. The Bertz CT molecular complexity index is 238. The van der Waals surface area contributed by atoms with Gasteiger partial charge in [-0.05, 0) is 0 Å². The number of carboxylic acid groups (broad SMARTS) is 3. The molecule has 9 heteroatoms. The maximum Gasteiger partial charge on any atom is 2.00 e. The second-order valence-corrected chi connectivity index (χ2v) is 2.42. The van der Waals surface area contributed by atoms with Crippen molar-refractivity contribution in [1.29, 1.82) is 0 Å². The smallest absolute Gasteiger partial charge is 0.550 e. The molecule has 0 aliphatic rings. The van der Waals surface area contributed by atoms with Gasteiger partial charge in [-0.3, -0.25) is 0 Å². The molecule has 15 heavy (non-hydrogen) atoms. The number of rotatable bonds is 5. The summed E-state index contributed by atoms with van der Waals surface area (Å²) in [5, 5.41) is 38.9. The summed E-state index contributed by atoms with van der Waals surface area (Å²) >= 11 is 0. The minimum absolute atomic E-state index is 0. The molecule has 1 N–H and O–H groups in total. The van der Waals surface area contributed by atoms with Crippen LogP contribution in [0.5, 0.6) is 0 Å². The fraction of sp³-hybridized carbons (Fsp3) is 0.500. The number of aliphatic hydroxyl groups is 1. The van der Waals surface area contributed by atoms with Gasteiger partial charge in [0.2, 0.25) is 0 Å². The summed E-state index contributed by atoms with van der Waals surface area (Å²) in [7, 11) is 0. The van der Waals surface area contributed by atoms with Crippen LogP contribution in [-0.4, -0.2) is 28.6 Å². The van der Waals surface area contributed by atoms with Crippen LogP contribution in [0.3, 0.4) is 0 Å². The van der Waals surface area contributed by atoms with Gasteiger partial charge in [0, 0.05) is 24.8 Å². The van der Waals surface area contributed by atoms with Crippen molar-refractivity contribution in [2.75, 3.05) is 0 Å². The first kappa shape index (κ1) is 20.0. The van der Waals surface area contributed by atoms with Crippen LogP contribution in [0.2, 0.25) is 0 Å². The fourth-order valence-electron chi connectivity index (χ4n) is 0.684. The third-order valence-corrected chi connectivity index (χ3v) is 1.25. The quantitative estimate of drug-likeness (QED) is 0.479. The zero-order valence-electron chi connectivity index (χ0n) is 7.66. The number of hydrogen-bond acceptors (Lipinski definition) is 7. The zero-order chi connectivity index (χ0) is 10.6. The third-order valence-electron chi connectivity index (χ3n) is 1.25. The Balaban J connectivity index is -0.000000720. The molecule has 0 saturated heterocycles. The SMILES string of the molecule is O=C([O-])CC(O)(CC(=O)[O-])C(=O)[O-].[Fe+2].[Li+]. The molecule has 0 aliphatic carbocycles. The van der Waals surface area contributed by atoms with E-state index in [4.69, 9.17) is 5.11 Å². The molecule has 0 aromatic carbocycles. The summed E-state index contributed by atoms with van der Waals surface area (Å²) < 4.78 is 0. The predicted molar refractivity (Wildman–Crippen MR) is 29.2 cm³/mol. The molecule has 0 fully saturated rings. The Morgan fingerprint density at radius 3 is 1.40 bits per heavy atom. The van der Waals surface area contributed by atoms with Gasteiger partial charge in [-0.1, -0.05) is 0 Å². The van der Waals surface area contributed by atoms with Crippen LogP contribution in [0, 0.1) is 0 Å². The predicted octanol–water partition coefficient (Wildman–Crippen LogP) is -8.25. The molecule has 0 atom stereocenters. The normalized spacial score (nSPS) is 9.40. The Morgan fingerprint density at radius 1 is 1.00 bits per heavy atom. The molecule has 0 spiro atoms. The first-order chi connectivity index (χ1) is 5.78. The summed E-state index contributed by atoms with van der Waals surface area (Å²) in [5.74, 6) is -5.98. The summed E-state index contributed by atoms with van der Waals surface area (Å²) in [6, 6.07) is 0. The maximum atomic E-state index is 10.1. The summed E-state index contributed by atoms with van der Waals surface area (Å²) in [6.07, 6.45) is -2.72. The van der Waals surface area contributed by atoms with Crippen LogP contribution >= 0.6 is 0 Å². The van der Waals surface area contributed by atoms with Crippen molar-refractivity contribution in [3.8, 4) is 0 Å². The number of carbonyl (C=O) groups excluding carboxylic acids is 3. The average Bonchev–Trinajstić information content (AvgIpc) is 1.82. The molecular weight excluding hydrogens is 247 g/mol. The summed E-state index contributed by atoms with van der Waals surface area (Å²) in [6.45, 7) is 0. The van der Waals surface area contributed by atoms with Gasteiger partial charge in [0.1, 0.15) is 5.60 Å². The minimum atomic E-state index is -2.97. The summed E-state index contributed by atoms with van der Waals surface area (Å²) in [5.41, 5.74) is -2.97. The van der Waals surface area contributed by atoms with Crippen LogP contribution in [0.15, 0.2) is 0 Å². The number of carboxylic acids is 3. The van der Waals surface area contributed by atoms with Crippen molar-refractivity contribution in [3.05, 3.63) is 0 Å². The molecule has 0 aliphatic heterocycles. The van der Waals surface area contributed by atoms with E-state index in [-0.39, 0.29) is 35.9 Å². The first-order valence-electron chi connectivity index (χ1n) is 3.11. The molecular formula is C6H5FeLiO7. The van der Waals surface area contributed by atoms with E-state index in [1.54, 1.807) is 0 Å². The van der Waals surface area contributed by atoms with E-state index >= 15 is 0 Å². The van der Waals surface area contributed by atoms with Crippen LogP contribution in [-0.2, 0) is 31.5 Å². The van der Waals surface area contributed by atoms with Crippen molar-refractivity contribution >= 4 is 17.9 Å². The first-order valence-corrected chi connectivity index (χ1v) is 3.11. The van der Waals surface area contributed by atoms with Gasteiger partial charge in [0.25, 0.3) is 0 Å². The van der Waals surface area contributed by atoms with Gasteiger partial charge in [-0.2, -0.15) is 0 Å².